The zero-order valence-corrected chi connectivity index (χ0v) is 21.9. The van der Waals surface area contributed by atoms with Gasteiger partial charge in [-0.05, 0) is 82.9 Å². The molecule has 0 saturated carbocycles. The van der Waals surface area contributed by atoms with E-state index in [9.17, 15) is 27.6 Å². The zero-order chi connectivity index (χ0) is 27.7. The average Bonchev–Trinajstić information content (AvgIpc) is 2.82. The average molecular weight is 535 g/mol. The fourth-order valence-electron chi connectivity index (χ4n) is 5.16. The summed E-state index contributed by atoms with van der Waals surface area (Å²) in [6, 6.07) is 2.14. The maximum Gasteiger partial charge on any atom is 0.471 e. The second kappa shape index (κ2) is 10.8. The van der Waals surface area contributed by atoms with E-state index in [4.69, 9.17) is 9.15 Å². The van der Waals surface area contributed by atoms with Gasteiger partial charge >= 0.3 is 23.7 Å². The van der Waals surface area contributed by atoms with E-state index in [0.717, 1.165) is 55.3 Å². The summed E-state index contributed by atoms with van der Waals surface area (Å²) < 4.78 is 49.2. The molecule has 1 aromatic heterocycles. The van der Waals surface area contributed by atoms with E-state index in [1.54, 1.807) is 38.2 Å². The van der Waals surface area contributed by atoms with Gasteiger partial charge in [0.15, 0.2) is 0 Å². The van der Waals surface area contributed by atoms with E-state index >= 15 is 0 Å². The highest BCUT2D eigenvalue weighted by Crippen LogP contribution is 2.40. The fourth-order valence-corrected chi connectivity index (χ4v) is 5.16. The fraction of sp³-hybridized carbons (Fsp3) is 0.536. The van der Waals surface area contributed by atoms with Crippen molar-refractivity contribution in [1.29, 1.82) is 0 Å². The number of rotatable bonds is 7. The molecule has 0 fully saturated rings. The number of amides is 1. The first-order chi connectivity index (χ1) is 17.8. The minimum absolute atomic E-state index is 0.165. The lowest BCUT2D eigenvalue weighted by Crippen LogP contribution is -2.48. The summed E-state index contributed by atoms with van der Waals surface area (Å²) in [7, 11) is 0. The van der Waals surface area contributed by atoms with E-state index in [-0.39, 0.29) is 6.42 Å². The van der Waals surface area contributed by atoms with Crippen molar-refractivity contribution in [3.05, 3.63) is 51.4 Å². The third-order valence-corrected chi connectivity index (χ3v) is 6.69. The molecule has 4 rings (SSSR count). The van der Waals surface area contributed by atoms with Crippen LogP contribution in [0.1, 0.15) is 63.1 Å². The lowest BCUT2D eigenvalue weighted by atomic mass is 9.88. The number of esters is 1. The summed E-state index contributed by atoms with van der Waals surface area (Å²) in [5.41, 5.74) is 3.72. The van der Waals surface area contributed by atoms with E-state index < -0.39 is 35.3 Å². The molecule has 38 heavy (non-hydrogen) atoms. The Morgan fingerprint density at radius 1 is 1.13 bits per heavy atom. The van der Waals surface area contributed by atoms with Gasteiger partial charge in [-0.1, -0.05) is 12.2 Å². The first kappa shape index (κ1) is 27.7. The summed E-state index contributed by atoms with van der Waals surface area (Å²) in [5.74, 6) is -3.14. The Morgan fingerprint density at radius 3 is 2.53 bits per heavy atom. The Bertz CT molecular complexity index is 1300. The molecule has 7 nitrogen and oxygen atoms in total. The second-order valence-electron chi connectivity index (χ2n) is 10.8. The number of aryl methyl sites for hydroxylation is 3. The molecule has 1 atom stereocenters. The molecule has 2 aliphatic rings. The van der Waals surface area contributed by atoms with Crippen molar-refractivity contribution in [3.8, 4) is 0 Å². The van der Waals surface area contributed by atoms with E-state index in [1.165, 1.54) is 17.3 Å². The van der Waals surface area contributed by atoms with Crippen LogP contribution in [0, 0.1) is 0 Å². The number of nitrogens with one attached hydrogen (secondary N) is 1. The van der Waals surface area contributed by atoms with Crippen LogP contribution in [0.2, 0.25) is 0 Å². The Balaban J connectivity index is 1.50. The number of fused-ring (bicyclic) bond motifs is 2. The van der Waals surface area contributed by atoms with Crippen LogP contribution < -0.4 is 15.8 Å². The predicted octanol–water partition coefficient (Wildman–Crippen LogP) is 4.76. The molecule has 2 aromatic rings. The summed E-state index contributed by atoms with van der Waals surface area (Å²) in [6.45, 7) is 6.79. The monoisotopic (exact) mass is 534 g/mol. The van der Waals surface area contributed by atoms with Gasteiger partial charge in [0.2, 0.25) is 0 Å². The lowest BCUT2D eigenvalue weighted by Gasteiger charge is -2.37. The van der Waals surface area contributed by atoms with E-state index in [1.807, 2.05) is 0 Å². The van der Waals surface area contributed by atoms with Gasteiger partial charge in [0, 0.05) is 35.8 Å². The quantitative estimate of drug-likeness (QED) is 0.313. The molecule has 2 aliphatic heterocycles. The highest BCUT2D eigenvalue weighted by Gasteiger charge is 2.41. The Labute approximate surface area is 219 Å². The molecule has 206 valence electrons. The molecule has 0 bridgehead atoms. The van der Waals surface area contributed by atoms with Crippen LogP contribution in [0.15, 0.2) is 33.5 Å². The van der Waals surface area contributed by atoms with Gasteiger partial charge in [-0.25, -0.2) is 9.59 Å². The number of carbonyl (C=O) groups is 2. The number of anilines is 1. The molecule has 10 heteroatoms. The van der Waals surface area contributed by atoms with Crippen molar-refractivity contribution in [2.75, 3.05) is 18.0 Å². The summed E-state index contributed by atoms with van der Waals surface area (Å²) in [6.07, 6.45) is 2.89. The van der Waals surface area contributed by atoms with Crippen molar-refractivity contribution in [1.82, 2.24) is 5.32 Å². The lowest BCUT2D eigenvalue weighted by molar-refractivity contribution is -0.177. The Morgan fingerprint density at radius 2 is 1.84 bits per heavy atom. The van der Waals surface area contributed by atoms with Crippen molar-refractivity contribution < 1.29 is 31.9 Å². The van der Waals surface area contributed by atoms with Gasteiger partial charge in [0.25, 0.3) is 0 Å². The Kier molecular flexibility index (Phi) is 7.90. The van der Waals surface area contributed by atoms with Gasteiger partial charge in [-0.15, -0.1) is 0 Å². The smallest absolute Gasteiger partial charge is 0.458 e. The van der Waals surface area contributed by atoms with Gasteiger partial charge in [-0.2, -0.15) is 13.2 Å². The Hall–Kier alpha value is -3.30. The minimum Gasteiger partial charge on any atom is -0.458 e. The number of allylic oxidation sites excluding steroid dienone is 1. The van der Waals surface area contributed by atoms with Crippen molar-refractivity contribution in [2.45, 2.75) is 83.5 Å². The normalized spacial score (nSPS) is 16.4. The summed E-state index contributed by atoms with van der Waals surface area (Å²) >= 11 is 0. The number of nitrogens with zero attached hydrogens (tertiary/aromatic N) is 1. The van der Waals surface area contributed by atoms with Crippen molar-refractivity contribution in [3.63, 3.8) is 0 Å². The molecular weight excluding hydrogens is 501 g/mol. The van der Waals surface area contributed by atoms with Crippen molar-refractivity contribution >= 4 is 28.5 Å². The number of benzene rings is 1. The van der Waals surface area contributed by atoms with Crippen LogP contribution in [0.5, 0.6) is 0 Å². The van der Waals surface area contributed by atoms with Gasteiger partial charge in [-0.3, -0.25) is 4.79 Å². The molecule has 0 saturated heterocycles. The molecule has 3 heterocycles. The summed E-state index contributed by atoms with van der Waals surface area (Å²) in [5, 5.41) is 2.64. The van der Waals surface area contributed by atoms with Crippen LogP contribution >= 0.6 is 0 Å². The topological polar surface area (TPSA) is 88.8 Å². The van der Waals surface area contributed by atoms with Crippen LogP contribution in [-0.4, -0.2) is 42.8 Å². The number of hydrogen-bond donors (Lipinski definition) is 1. The minimum atomic E-state index is -5.12. The summed E-state index contributed by atoms with van der Waals surface area (Å²) in [4.78, 5) is 38.6. The van der Waals surface area contributed by atoms with Crippen LogP contribution in [0.3, 0.4) is 0 Å². The van der Waals surface area contributed by atoms with Crippen molar-refractivity contribution in [2.24, 2.45) is 0 Å². The van der Waals surface area contributed by atoms with Gasteiger partial charge in [0.1, 0.15) is 17.2 Å². The molecule has 1 amide bonds. The van der Waals surface area contributed by atoms with Crippen LogP contribution in [0.4, 0.5) is 18.9 Å². The second-order valence-corrected chi connectivity index (χ2v) is 10.8. The van der Waals surface area contributed by atoms with Crippen LogP contribution in [-0.2, 0) is 33.6 Å². The number of hydrogen-bond acceptors (Lipinski definition) is 6. The molecule has 1 unspecified atom stereocenters. The number of carbonyl (C=O) groups excluding carboxylic acids is 2. The molecule has 0 aliphatic carbocycles. The van der Waals surface area contributed by atoms with E-state index in [0.29, 0.717) is 18.4 Å². The maximum atomic E-state index is 12.8. The highest BCUT2D eigenvalue weighted by molar-refractivity contribution is 5.90. The maximum absolute atomic E-state index is 12.8. The largest absolute Gasteiger partial charge is 0.471 e. The standard InChI is InChI=1S/C28H33F3N2O5/c1-27(2,3)38-25(35)21(32-26(36)28(29,30)31)12-6-4-5-9-17-16-22(34)37-24-19-11-8-14-33-13-7-10-18(23(19)33)15-20(17)24/h4,6,15-16,21H,5,7-14H2,1-3H3,(H,32,36)/b6-4+. The highest BCUT2D eigenvalue weighted by atomic mass is 19.4. The van der Waals surface area contributed by atoms with Gasteiger partial charge in [0.05, 0.1) is 0 Å². The third-order valence-electron chi connectivity index (χ3n) is 6.69. The van der Waals surface area contributed by atoms with Crippen LogP contribution in [0.25, 0.3) is 11.0 Å². The SMILES string of the molecule is CC(C)(C)OC(=O)C(C/C=C/CCc1cc(=O)oc2c3c4c(cc12)CCCN4CCC3)NC(=O)C(F)(F)F. The predicted molar refractivity (Wildman–Crippen MR) is 137 cm³/mol. The molecular formula is C28H33F3N2O5. The molecule has 1 N–H and O–H groups in total. The molecule has 1 aromatic carbocycles. The molecule has 0 spiro atoms. The molecule has 0 radical (unpaired) electrons. The van der Waals surface area contributed by atoms with E-state index in [2.05, 4.69) is 11.0 Å². The van der Waals surface area contributed by atoms with Gasteiger partial charge < -0.3 is 19.4 Å². The first-order valence-electron chi connectivity index (χ1n) is 13.0. The number of halogens is 3. The number of ether oxygens (including phenoxy) is 1. The number of alkyl halides is 3. The zero-order valence-electron chi connectivity index (χ0n) is 21.9. The first-order valence-corrected chi connectivity index (χ1v) is 13.0. The third kappa shape index (κ3) is 6.39.